The second kappa shape index (κ2) is 7.93. The highest BCUT2D eigenvalue weighted by atomic mass is 16.2. The van der Waals surface area contributed by atoms with Gasteiger partial charge in [0.25, 0.3) is 5.91 Å². The molecule has 5 aliphatic rings. The van der Waals surface area contributed by atoms with Crippen LogP contribution >= 0.6 is 0 Å². The lowest BCUT2D eigenvalue weighted by Gasteiger charge is -2.45. The zero-order chi connectivity index (χ0) is 23.6. The van der Waals surface area contributed by atoms with E-state index in [1.54, 1.807) is 6.21 Å². The molecule has 0 spiro atoms. The van der Waals surface area contributed by atoms with E-state index in [4.69, 9.17) is 0 Å². The summed E-state index contributed by atoms with van der Waals surface area (Å²) in [7, 11) is 0. The maximum absolute atomic E-state index is 13.8. The summed E-state index contributed by atoms with van der Waals surface area (Å²) in [6.07, 6.45) is 9.01. The van der Waals surface area contributed by atoms with Crippen LogP contribution < -0.4 is 5.32 Å². The maximum Gasteiger partial charge on any atom is 0.321 e. The van der Waals surface area contributed by atoms with Gasteiger partial charge in [-0.3, -0.25) is 19.8 Å². The van der Waals surface area contributed by atoms with Crippen LogP contribution in [0.4, 0.5) is 10.6 Å². The summed E-state index contributed by atoms with van der Waals surface area (Å²) in [5.41, 5.74) is 2.07. The highest BCUT2D eigenvalue weighted by Gasteiger charge is 2.47. The number of aliphatic imine (C=N–C) groups is 1. The summed E-state index contributed by atoms with van der Waals surface area (Å²) in [6, 6.07) is 1.08. The van der Waals surface area contributed by atoms with Crippen molar-refractivity contribution in [2.24, 2.45) is 10.9 Å². The molecule has 5 heterocycles. The van der Waals surface area contributed by atoms with Crippen molar-refractivity contribution in [2.75, 3.05) is 25.0 Å². The molecule has 1 aliphatic carbocycles. The molecule has 34 heavy (non-hydrogen) atoms. The fourth-order valence-electron chi connectivity index (χ4n) is 6.73. The third-order valence-electron chi connectivity index (χ3n) is 8.77. The largest absolute Gasteiger partial charge is 0.321 e. The van der Waals surface area contributed by atoms with Crippen molar-refractivity contribution < 1.29 is 9.59 Å². The monoisotopic (exact) mass is 465 g/mol. The Balaban J connectivity index is 1.20. The molecule has 2 N–H and O–H groups in total. The minimum Gasteiger partial charge on any atom is -0.319 e. The Bertz CT molecular complexity index is 1070. The number of rotatable bonds is 2. The van der Waals surface area contributed by atoms with E-state index in [0.717, 1.165) is 55.7 Å². The van der Waals surface area contributed by atoms with Crippen molar-refractivity contribution in [1.82, 2.24) is 24.9 Å². The number of piperazine rings is 1. The van der Waals surface area contributed by atoms with Gasteiger partial charge in [-0.05, 0) is 71.4 Å². The lowest BCUT2D eigenvalue weighted by molar-refractivity contribution is -0.113. The van der Waals surface area contributed by atoms with E-state index in [2.05, 4.69) is 51.1 Å². The molecule has 2 saturated heterocycles. The smallest absolute Gasteiger partial charge is 0.319 e. The second-order valence-electron chi connectivity index (χ2n) is 11.2. The molecule has 9 heteroatoms. The van der Waals surface area contributed by atoms with Crippen molar-refractivity contribution >= 4 is 24.0 Å². The predicted molar refractivity (Wildman–Crippen MR) is 130 cm³/mol. The normalized spacial score (nSPS) is 31.8. The van der Waals surface area contributed by atoms with Crippen LogP contribution in [0.1, 0.15) is 64.1 Å². The standard InChI is InChI=1S/C25H35N7O2/c1-15-12-30-10-4-5-18(30)13-31(15)24(34)32-14-20-21(25(32,2)3)28-29-22(20)27-23(33)19-8-9-26-17-7-6-16(19)11-17/h8-9,15-18H,4-7,10-14H2,1-3H3,(H2,27,28,29,33). The molecule has 4 aliphatic heterocycles. The number of fused-ring (bicyclic) bond motifs is 4. The van der Waals surface area contributed by atoms with Gasteiger partial charge in [-0.1, -0.05) is 0 Å². The molecule has 0 aromatic carbocycles. The van der Waals surface area contributed by atoms with E-state index in [1.807, 2.05) is 11.0 Å². The van der Waals surface area contributed by atoms with Gasteiger partial charge in [0, 0.05) is 42.5 Å². The fraction of sp³-hybridized carbons (Fsp3) is 0.680. The third-order valence-corrected chi connectivity index (χ3v) is 8.77. The zero-order valence-corrected chi connectivity index (χ0v) is 20.4. The van der Waals surface area contributed by atoms with Crippen molar-refractivity contribution in [3.05, 3.63) is 22.9 Å². The van der Waals surface area contributed by atoms with Gasteiger partial charge in [0.05, 0.1) is 23.8 Å². The highest BCUT2D eigenvalue weighted by Crippen LogP contribution is 2.42. The number of carbonyl (C=O) groups excluding carboxylic acids is 2. The number of aromatic nitrogens is 2. The number of nitrogens with one attached hydrogen (secondary N) is 2. The van der Waals surface area contributed by atoms with Crippen LogP contribution in [0.3, 0.4) is 0 Å². The molecule has 182 valence electrons. The molecule has 4 unspecified atom stereocenters. The highest BCUT2D eigenvalue weighted by molar-refractivity contribution is 6.06. The van der Waals surface area contributed by atoms with Crippen LogP contribution in [-0.4, -0.2) is 80.8 Å². The summed E-state index contributed by atoms with van der Waals surface area (Å²) < 4.78 is 0. The molecule has 6 rings (SSSR count). The molecule has 3 fully saturated rings. The molecule has 1 aromatic heterocycles. The Labute approximate surface area is 200 Å². The number of hydrogen-bond acceptors (Lipinski definition) is 5. The van der Waals surface area contributed by atoms with Gasteiger partial charge < -0.3 is 15.1 Å². The number of allylic oxidation sites excluding steroid dienone is 1. The van der Waals surface area contributed by atoms with Crippen LogP contribution in [0.25, 0.3) is 0 Å². The van der Waals surface area contributed by atoms with Crippen LogP contribution in [0, 0.1) is 5.92 Å². The van der Waals surface area contributed by atoms with Gasteiger partial charge in [0.2, 0.25) is 0 Å². The second-order valence-corrected chi connectivity index (χ2v) is 11.2. The molecule has 1 saturated carbocycles. The van der Waals surface area contributed by atoms with Crippen LogP contribution in [0.5, 0.6) is 0 Å². The lowest BCUT2D eigenvalue weighted by atomic mass is 9.96. The first-order chi connectivity index (χ1) is 16.3. The van der Waals surface area contributed by atoms with Gasteiger partial charge in [0.1, 0.15) is 0 Å². The SMILES string of the molecule is CC1CN2CCCC2CN1C(=O)N1Cc2c(NC(=O)C3=CC=NC4CCC3C4)n[nH]c2C1(C)C. The van der Waals surface area contributed by atoms with Crippen molar-refractivity contribution in [3.63, 3.8) is 0 Å². The number of H-pyrrole nitrogens is 1. The number of amides is 3. The molecule has 9 nitrogen and oxygen atoms in total. The molecular formula is C25H35N7O2. The number of urea groups is 1. The van der Waals surface area contributed by atoms with Crippen LogP contribution in [0.2, 0.25) is 0 Å². The zero-order valence-electron chi connectivity index (χ0n) is 20.4. The van der Waals surface area contributed by atoms with Crippen molar-refractivity contribution in [1.29, 1.82) is 0 Å². The first-order valence-corrected chi connectivity index (χ1v) is 12.8. The predicted octanol–water partition coefficient (Wildman–Crippen LogP) is 2.87. The fourth-order valence-corrected chi connectivity index (χ4v) is 6.73. The Morgan fingerprint density at radius 2 is 2.06 bits per heavy atom. The minimum absolute atomic E-state index is 0.0746. The average Bonchev–Trinajstić information content (AvgIpc) is 3.53. The van der Waals surface area contributed by atoms with Gasteiger partial charge >= 0.3 is 6.03 Å². The third kappa shape index (κ3) is 3.39. The Hall–Kier alpha value is -2.68. The van der Waals surface area contributed by atoms with E-state index >= 15 is 0 Å². The Kier molecular flexibility index (Phi) is 5.09. The van der Waals surface area contributed by atoms with E-state index in [9.17, 15) is 9.59 Å². The number of hydrogen-bond donors (Lipinski definition) is 2. The summed E-state index contributed by atoms with van der Waals surface area (Å²) in [5, 5.41) is 10.6. The van der Waals surface area contributed by atoms with Crippen LogP contribution in [-0.2, 0) is 16.9 Å². The van der Waals surface area contributed by atoms with E-state index in [1.165, 1.54) is 12.8 Å². The molecule has 1 aromatic rings. The van der Waals surface area contributed by atoms with Gasteiger partial charge in [0.15, 0.2) is 5.82 Å². The number of carbonyl (C=O) groups is 2. The molecule has 0 radical (unpaired) electrons. The van der Waals surface area contributed by atoms with Gasteiger partial charge in [-0.25, -0.2) is 4.79 Å². The quantitative estimate of drug-likeness (QED) is 0.702. The number of aromatic amines is 1. The number of anilines is 1. The van der Waals surface area contributed by atoms with Crippen molar-refractivity contribution in [3.8, 4) is 0 Å². The van der Waals surface area contributed by atoms with E-state index < -0.39 is 5.54 Å². The Morgan fingerprint density at radius 3 is 2.91 bits per heavy atom. The molecule has 2 bridgehead atoms. The summed E-state index contributed by atoms with van der Waals surface area (Å²) >= 11 is 0. The summed E-state index contributed by atoms with van der Waals surface area (Å²) in [5.74, 6) is 0.681. The summed E-state index contributed by atoms with van der Waals surface area (Å²) in [4.78, 5) is 38.0. The molecule has 3 amide bonds. The minimum atomic E-state index is -0.526. The van der Waals surface area contributed by atoms with Gasteiger partial charge in [-0.2, -0.15) is 5.10 Å². The first kappa shape index (κ1) is 21.8. The van der Waals surface area contributed by atoms with E-state index in [-0.39, 0.29) is 23.9 Å². The molecule has 4 atom stereocenters. The van der Waals surface area contributed by atoms with Gasteiger partial charge in [-0.15, -0.1) is 0 Å². The maximum atomic E-state index is 13.8. The van der Waals surface area contributed by atoms with Crippen LogP contribution in [0.15, 0.2) is 16.6 Å². The van der Waals surface area contributed by atoms with E-state index in [0.29, 0.717) is 24.4 Å². The van der Waals surface area contributed by atoms with Crippen molar-refractivity contribution in [2.45, 2.75) is 83.1 Å². The topological polar surface area (TPSA) is 96.9 Å². The molecular weight excluding hydrogens is 430 g/mol. The first-order valence-electron chi connectivity index (χ1n) is 12.8. The lowest BCUT2D eigenvalue weighted by Crippen LogP contribution is -2.60. The number of nitrogens with zero attached hydrogens (tertiary/aromatic N) is 5. The Morgan fingerprint density at radius 1 is 1.21 bits per heavy atom. The average molecular weight is 466 g/mol. The summed E-state index contributed by atoms with van der Waals surface area (Å²) in [6.45, 7) is 9.59.